The fraction of sp³-hybridized carbons (Fsp3) is 0.417. The minimum atomic E-state index is -0.839. The first kappa shape index (κ1) is 12.8. The van der Waals surface area contributed by atoms with Crippen LogP contribution in [0.15, 0.2) is 18.2 Å². The molecule has 1 aromatic carbocycles. The molecule has 5 nitrogen and oxygen atoms in total. The van der Waals surface area contributed by atoms with E-state index in [-0.39, 0.29) is 11.9 Å². The van der Waals surface area contributed by atoms with Gasteiger partial charge in [-0.25, -0.2) is 4.79 Å². The molecular weight excluding hydrogens is 256 g/mol. The number of benzene rings is 1. The van der Waals surface area contributed by atoms with E-state index in [0.29, 0.717) is 23.7 Å². The van der Waals surface area contributed by atoms with E-state index >= 15 is 0 Å². The van der Waals surface area contributed by atoms with Crippen molar-refractivity contribution in [1.29, 1.82) is 0 Å². The van der Waals surface area contributed by atoms with Gasteiger partial charge in [-0.05, 0) is 19.1 Å². The number of carbonyl (C=O) groups excluding carboxylic acids is 1. The summed E-state index contributed by atoms with van der Waals surface area (Å²) < 4.78 is 11.2. The molecule has 98 valence electrons. The Morgan fingerprint density at radius 1 is 1.39 bits per heavy atom. The van der Waals surface area contributed by atoms with E-state index in [2.05, 4.69) is 10.6 Å². The molecule has 1 aromatic rings. The summed E-state index contributed by atoms with van der Waals surface area (Å²) in [6.07, 6.45) is 0. The Hall–Kier alpha value is -1.62. The van der Waals surface area contributed by atoms with Gasteiger partial charge < -0.3 is 20.1 Å². The second-order valence-electron chi connectivity index (χ2n) is 4.12. The first-order valence-electron chi connectivity index (χ1n) is 5.69. The van der Waals surface area contributed by atoms with Gasteiger partial charge in [0.1, 0.15) is 0 Å². The van der Waals surface area contributed by atoms with Crippen LogP contribution in [0, 0.1) is 0 Å². The average molecular weight is 271 g/mol. The summed E-state index contributed by atoms with van der Waals surface area (Å²) in [5, 5.41) is 5.35. The normalized spacial score (nSPS) is 20.6. The van der Waals surface area contributed by atoms with Crippen LogP contribution in [0.2, 0.25) is 0 Å². The van der Waals surface area contributed by atoms with Gasteiger partial charge in [-0.15, -0.1) is 11.6 Å². The molecule has 1 atom stereocenters. The van der Waals surface area contributed by atoms with Crippen molar-refractivity contribution >= 4 is 23.3 Å². The van der Waals surface area contributed by atoms with Crippen LogP contribution in [-0.4, -0.2) is 24.2 Å². The molecule has 2 rings (SSSR count). The molecule has 1 aliphatic heterocycles. The number of ether oxygens (including phenoxy) is 2. The Labute approximate surface area is 110 Å². The monoisotopic (exact) mass is 270 g/mol. The van der Waals surface area contributed by atoms with Crippen molar-refractivity contribution in [3.63, 3.8) is 0 Å². The smallest absolute Gasteiger partial charge is 0.319 e. The van der Waals surface area contributed by atoms with Crippen LogP contribution in [0.5, 0.6) is 11.5 Å². The van der Waals surface area contributed by atoms with Crippen molar-refractivity contribution in [3.8, 4) is 11.5 Å². The van der Waals surface area contributed by atoms with Crippen LogP contribution in [0.25, 0.3) is 0 Å². The Kier molecular flexibility index (Phi) is 3.52. The van der Waals surface area contributed by atoms with E-state index in [1.165, 1.54) is 0 Å². The number of nitrogens with one attached hydrogen (secondary N) is 2. The number of urea groups is 1. The Morgan fingerprint density at radius 3 is 2.78 bits per heavy atom. The summed E-state index contributed by atoms with van der Waals surface area (Å²) in [5.41, 5.74) is 0.641. The molecule has 0 aliphatic carbocycles. The third kappa shape index (κ3) is 2.61. The number of halogens is 1. The van der Waals surface area contributed by atoms with Gasteiger partial charge >= 0.3 is 6.03 Å². The minimum absolute atomic E-state index is 0.223. The lowest BCUT2D eigenvalue weighted by atomic mass is 10.3. The molecule has 1 unspecified atom stereocenters. The second kappa shape index (κ2) is 4.94. The molecule has 1 heterocycles. The lowest BCUT2D eigenvalue weighted by Gasteiger charge is -2.19. The maximum absolute atomic E-state index is 11.4. The molecular formula is C12H15ClN2O3. The van der Waals surface area contributed by atoms with Crippen LogP contribution in [-0.2, 0) is 0 Å². The molecule has 2 N–H and O–H groups in total. The van der Waals surface area contributed by atoms with Crippen molar-refractivity contribution < 1.29 is 14.3 Å². The van der Waals surface area contributed by atoms with E-state index < -0.39 is 5.79 Å². The van der Waals surface area contributed by atoms with Gasteiger partial charge in [-0.2, -0.15) is 0 Å². The highest BCUT2D eigenvalue weighted by Crippen LogP contribution is 2.41. The highest BCUT2D eigenvalue weighted by atomic mass is 35.5. The Balaban J connectivity index is 2.11. The summed E-state index contributed by atoms with van der Waals surface area (Å²) in [7, 11) is 0. The maximum Gasteiger partial charge on any atom is 0.319 e. The third-order valence-electron chi connectivity index (χ3n) is 2.43. The lowest BCUT2D eigenvalue weighted by molar-refractivity contribution is -0.0396. The highest BCUT2D eigenvalue weighted by molar-refractivity contribution is 6.18. The van der Waals surface area contributed by atoms with E-state index in [1.54, 1.807) is 25.1 Å². The van der Waals surface area contributed by atoms with E-state index in [1.807, 2.05) is 6.92 Å². The number of rotatable bonds is 3. The van der Waals surface area contributed by atoms with Crippen molar-refractivity contribution in [1.82, 2.24) is 5.32 Å². The molecule has 0 spiro atoms. The molecule has 0 saturated carbocycles. The number of amides is 2. The topological polar surface area (TPSA) is 59.6 Å². The quantitative estimate of drug-likeness (QED) is 0.830. The Bertz CT molecular complexity index is 467. The van der Waals surface area contributed by atoms with Gasteiger partial charge in [-0.1, -0.05) is 0 Å². The highest BCUT2D eigenvalue weighted by Gasteiger charge is 2.36. The summed E-state index contributed by atoms with van der Waals surface area (Å²) in [6, 6.07) is 4.95. The van der Waals surface area contributed by atoms with Crippen LogP contribution in [0.4, 0.5) is 10.5 Å². The maximum atomic E-state index is 11.4. The summed E-state index contributed by atoms with van der Waals surface area (Å²) in [4.78, 5) is 11.4. The van der Waals surface area contributed by atoms with Gasteiger partial charge in [0.15, 0.2) is 11.5 Å². The third-order valence-corrected chi connectivity index (χ3v) is 2.92. The van der Waals surface area contributed by atoms with Gasteiger partial charge in [-0.3, -0.25) is 0 Å². The van der Waals surface area contributed by atoms with Crippen molar-refractivity contribution in [2.75, 3.05) is 17.7 Å². The fourth-order valence-corrected chi connectivity index (χ4v) is 1.74. The molecule has 1 aliphatic rings. The first-order valence-corrected chi connectivity index (χ1v) is 6.22. The molecule has 0 aromatic heterocycles. The molecule has 0 radical (unpaired) electrons. The van der Waals surface area contributed by atoms with Gasteiger partial charge in [0.05, 0.1) is 5.88 Å². The second-order valence-corrected chi connectivity index (χ2v) is 4.38. The number of carbonyl (C=O) groups is 1. The van der Waals surface area contributed by atoms with Crippen molar-refractivity contribution in [2.24, 2.45) is 0 Å². The average Bonchev–Trinajstić information content (AvgIpc) is 2.66. The summed E-state index contributed by atoms with van der Waals surface area (Å²) in [6.45, 7) is 4.18. The molecule has 0 bridgehead atoms. The number of fused-ring (bicyclic) bond motifs is 1. The first-order chi connectivity index (χ1) is 8.56. The number of hydrogen-bond acceptors (Lipinski definition) is 3. The zero-order valence-electron chi connectivity index (χ0n) is 10.2. The zero-order chi connectivity index (χ0) is 13.2. The SMILES string of the molecule is CCNC(=O)Nc1ccc2c(c1)OC(C)(CCl)O2. The predicted molar refractivity (Wildman–Crippen MR) is 69.5 cm³/mol. The number of alkyl halides is 1. The van der Waals surface area contributed by atoms with Crippen LogP contribution >= 0.6 is 11.6 Å². The molecule has 0 fully saturated rings. The van der Waals surface area contributed by atoms with E-state index in [9.17, 15) is 4.79 Å². The van der Waals surface area contributed by atoms with E-state index in [4.69, 9.17) is 21.1 Å². The standard InChI is InChI=1S/C12H15ClN2O3/c1-3-14-11(16)15-8-4-5-9-10(6-8)18-12(2,7-13)17-9/h4-6H,3,7H2,1-2H3,(H2,14,15,16). The van der Waals surface area contributed by atoms with Crippen LogP contribution < -0.4 is 20.1 Å². The molecule has 0 saturated heterocycles. The Morgan fingerprint density at radius 2 is 2.11 bits per heavy atom. The molecule has 18 heavy (non-hydrogen) atoms. The summed E-state index contributed by atoms with van der Waals surface area (Å²) >= 11 is 5.77. The minimum Gasteiger partial charge on any atom is -0.447 e. The van der Waals surface area contributed by atoms with Gasteiger partial charge in [0.2, 0.25) is 0 Å². The molecule has 6 heteroatoms. The van der Waals surface area contributed by atoms with Crippen LogP contribution in [0.1, 0.15) is 13.8 Å². The summed E-state index contributed by atoms with van der Waals surface area (Å²) in [5.74, 6) is 0.585. The number of hydrogen-bond donors (Lipinski definition) is 2. The molecule has 2 amide bonds. The largest absolute Gasteiger partial charge is 0.447 e. The zero-order valence-corrected chi connectivity index (χ0v) is 11.0. The van der Waals surface area contributed by atoms with Crippen molar-refractivity contribution in [3.05, 3.63) is 18.2 Å². The van der Waals surface area contributed by atoms with Gasteiger partial charge in [0, 0.05) is 25.2 Å². The van der Waals surface area contributed by atoms with Gasteiger partial charge in [0.25, 0.3) is 5.79 Å². The van der Waals surface area contributed by atoms with E-state index in [0.717, 1.165) is 0 Å². The fourth-order valence-electron chi connectivity index (χ4n) is 1.63. The lowest BCUT2D eigenvalue weighted by Crippen LogP contribution is -2.36. The van der Waals surface area contributed by atoms with Crippen LogP contribution in [0.3, 0.4) is 0 Å². The van der Waals surface area contributed by atoms with Crippen molar-refractivity contribution in [2.45, 2.75) is 19.6 Å². The number of anilines is 1. The predicted octanol–water partition coefficient (Wildman–Crippen LogP) is 2.55.